The first kappa shape index (κ1) is 23.5. The highest BCUT2D eigenvalue weighted by atomic mass is 35.5. The second kappa shape index (κ2) is 9.28. The van der Waals surface area contributed by atoms with Crippen LogP contribution in [0.5, 0.6) is 0 Å². The number of allylic oxidation sites excluding steroid dienone is 2. The van der Waals surface area contributed by atoms with Gasteiger partial charge in [-0.15, -0.1) is 23.5 Å². The number of aliphatic hydroxyl groups is 1. The Kier molecular flexibility index (Phi) is 7.03. The lowest BCUT2D eigenvalue weighted by molar-refractivity contribution is -0.166. The molecule has 0 radical (unpaired) electrons. The molecule has 1 aromatic carbocycles. The first-order valence-electron chi connectivity index (χ1n) is 11.0. The molecule has 31 heavy (non-hydrogen) atoms. The SMILES string of the molecule is CC1(C)CC2(CC(c3ccc(Cl)c(F)c3)=C1CC[C@H]1CC[C@H](O)C(=O)O1)SCCCS2. The van der Waals surface area contributed by atoms with Gasteiger partial charge in [0.05, 0.1) is 9.10 Å². The van der Waals surface area contributed by atoms with Crippen molar-refractivity contribution in [3.05, 3.63) is 40.2 Å². The Bertz CT molecular complexity index is 880. The van der Waals surface area contributed by atoms with Crippen molar-refractivity contribution >= 4 is 46.7 Å². The number of ether oxygens (including phenoxy) is 1. The molecule has 1 aliphatic carbocycles. The van der Waals surface area contributed by atoms with E-state index in [9.17, 15) is 14.3 Å². The molecule has 2 fully saturated rings. The van der Waals surface area contributed by atoms with Crippen LogP contribution in [-0.2, 0) is 9.53 Å². The van der Waals surface area contributed by atoms with Crippen molar-refractivity contribution in [1.29, 1.82) is 0 Å². The summed E-state index contributed by atoms with van der Waals surface area (Å²) in [6.07, 6.45) is 4.72. The molecule has 2 aliphatic heterocycles. The normalized spacial score (nSPS) is 28.0. The molecule has 0 aromatic heterocycles. The number of thioether (sulfide) groups is 2. The summed E-state index contributed by atoms with van der Waals surface area (Å²) in [4.78, 5) is 11.8. The van der Waals surface area contributed by atoms with Crippen LogP contribution < -0.4 is 0 Å². The number of hydrogen-bond acceptors (Lipinski definition) is 5. The highest BCUT2D eigenvalue weighted by Crippen LogP contribution is 2.60. The average Bonchev–Trinajstić information content (AvgIpc) is 2.71. The van der Waals surface area contributed by atoms with Crippen molar-refractivity contribution in [3.8, 4) is 0 Å². The lowest BCUT2D eigenvalue weighted by atomic mass is 9.68. The molecule has 1 N–H and O–H groups in total. The summed E-state index contributed by atoms with van der Waals surface area (Å²) in [5, 5.41) is 9.78. The third-order valence-electron chi connectivity index (χ3n) is 6.66. The fraction of sp³-hybridized carbons (Fsp3) is 0.625. The van der Waals surface area contributed by atoms with E-state index in [2.05, 4.69) is 37.4 Å². The van der Waals surface area contributed by atoms with Crippen LogP contribution in [0.25, 0.3) is 5.57 Å². The van der Waals surface area contributed by atoms with Crippen molar-refractivity contribution in [2.24, 2.45) is 5.41 Å². The molecule has 1 aromatic rings. The number of carbonyl (C=O) groups is 1. The molecular weight excluding hydrogens is 455 g/mol. The van der Waals surface area contributed by atoms with Crippen LogP contribution in [0.3, 0.4) is 0 Å². The number of benzene rings is 1. The van der Waals surface area contributed by atoms with E-state index >= 15 is 0 Å². The molecule has 0 saturated carbocycles. The fourth-order valence-corrected chi connectivity index (χ4v) is 9.04. The average molecular weight is 485 g/mol. The number of hydrogen-bond donors (Lipinski definition) is 1. The van der Waals surface area contributed by atoms with Crippen molar-refractivity contribution in [2.45, 2.75) is 75.1 Å². The van der Waals surface area contributed by atoms with Crippen LogP contribution >= 0.6 is 35.1 Å². The summed E-state index contributed by atoms with van der Waals surface area (Å²) in [6.45, 7) is 4.59. The van der Waals surface area contributed by atoms with Crippen LogP contribution in [0, 0.1) is 11.2 Å². The first-order chi connectivity index (χ1) is 14.7. The summed E-state index contributed by atoms with van der Waals surface area (Å²) in [6, 6.07) is 5.16. The minimum absolute atomic E-state index is 0.0424. The molecule has 7 heteroatoms. The van der Waals surface area contributed by atoms with E-state index in [-0.39, 0.29) is 26.4 Å². The topological polar surface area (TPSA) is 46.5 Å². The van der Waals surface area contributed by atoms with Crippen LogP contribution in [0.2, 0.25) is 5.02 Å². The van der Waals surface area contributed by atoms with E-state index in [1.807, 2.05) is 6.07 Å². The standard InChI is InChI=1S/C24H30ClFO3S2/c1-23(2)14-24(30-10-3-11-31-24)13-17(15-4-8-19(25)20(26)12-15)18(23)7-5-16-6-9-21(27)22(28)29-16/h4,8,12,16,21,27H,3,5-7,9-11,13-14H2,1-2H3/t16-,21-/m0/s1. The number of halogens is 2. The minimum Gasteiger partial charge on any atom is -0.460 e. The maximum Gasteiger partial charge on any atom is 0.335 e. The molecule has 2 heterocycles. The second-order valence-corrected chi connectivity index (χ2v) is 13.1. The predicted molar refractivity (Wildman–Crippen MR) is 128 cm³/mol. The third kappa shape index (κ3) is 5.13. The molecule has 0 amide bonds. The van der Waals surface area contributed by atoms with E-state index in [0.29, 0.717) is 12.8 Å². The van der Waals surface area contributed by atoms with Crippen LogP contribution in [0.4, 0.5) is 4.39 Å². The van der Waals surface area contributed by atoms with Crippen LogP contribution in [0.1, 0.15) is 64.4 Å². The molecule has 2 atom stereocenters. The molecule has 0 unspecified atom stereocenters. The van der Waals surface area contributed by atoms with Crippen molar-refractivity contribution in [2.75, 3.05) is 11.5 Å². The molecule has 1 spiro atoms. The Labute approximate surface area is 197 Å². The molecule has 4 rings (SSSR count). The Morgan fingerprint density at radius 3 is 2.68 bits per heavy atom. The van der Waals surface area contributed by atoms with E-state index in [1.54, 1.807) is 12.1 Å². The zero-order valence-electron chi connectivity index (χ0n) is 18.1. The lowest BCUT2D eigenvalue weighted by Crippen LogP contribution is -2.38. The van der Waals surface area contributed by atoms with Gasteiger partial charge in [-0.3, -0.25) is 0 Å². The Morgan fingerprint density at radius 1 is 1.26 bits per heavy atom. The Morgan fingerprint density at radius 2 is 2.00 bits per heavy atom. The third-order valence-corrected chi connectivity index (χ3v) is 10.3. The molecule has 170 valence electrons. The van der Waals surface area contributed by atoms with E-state index in [0.717, 1.165) is 31.2 Å². The lowest BCUT2D eigenvalue weighted by Gasteiger charge is -2.48. The van der Waals surface area contributed by atoms with Gasteiger partial charge in [-0.1, -0.05) is 37.1 Å². The summed E-state index contributed by atoms with van der Waals surface area (Å²) in [7, 11) is 0. The van der Waals surface area contributed by atoms with Crippen molar-refractivity contribution < 1.29 is 19.0 Å². The zero-order chi connectivity index (χ0) is 22.2. The van der Waals surface area contributed by atoms with Gasteiger partial charge >= 0.3 is 5.97 Å². The van der Waals surface area contributed by atoms with E-state index in [1.165, 1.54) is 29.1 Å². The molecule has 0 bridgehead atoms. The molecule has 3 aliphatic rings. The quantitative estimate of drug-likeness (QED) is 0.496. The van der Waals surface area contributed by atoms with Gasteiger partial charge in [-0.05, 0) is 85.1 Å². The van der Waals surface area contributed by atoms with Gasteiger partial charge in [0, 0.05) is 0 Å². The van der Waals surface area contributed by atoms with Gasteiger partial charge in [0.2, 0.25) is 0 Å². The monoisotopic (exact) mass is 484 g/mol. The van der Waals surface area contributed by atoms with Gasteiger partial charge < -0.3 is 9.84 Å². The van der Waals surface area contributed by atoms with Gasteiger partial charge in [-0.25, -0.2) is 9.18 Å². The number of rotatable bonds is 4. The molecule has 2 saturated heterocycles. The minimum atomic E-state index is -0.991. The summed E-state index contributed by atoms with van der Waals surface area (Å²) in [5.74, 6) is 1.44. The largest absolute Gasteiger partial charge is 0.460 e. The summed E-state index contributed by atoms with van der Waals surface area (Å²) < 4.78 is 20.0. The number of cyclic esters (lactones) is 1. The van der Waals surface area contributed by atoms with Gasteiger partial charge in [0.1, 0.15) is 11.9 Å². The predicted octanol–water partition coefficient (Wildman–Crippen LogP) is 6.47. The molecule has 3 nitrogen and oxygen atoms in total. The highest BCUT2D eigenvalue weighted by molar-refractivity contribution is 8.18. The van der Waals surface area contributed by atoms with Crippen LogP contribution in [-0.4, -0.2) is 38.9 Å². The summed E-state index contributed by atoms with van der Waals surface area (Å²) in [5.41, 5.74) is 3.41. The maximum absolute atomic E-state index is 14.4. The smallest absolute Gasteiger partial charge is 0.335 e. The van der Waals surface area contributed by atoms with E-state index in [4.69, 9.17) is 16.3 Å². The number of esters is 1. The van der Waals surface area contributed by atoms with E-state index < -0.39 is 12.1 Å². The first-order valence-corrected chi connectivity index (χ1v) is 13.4. The number of aliphatic hydroxyl groups excluding tert-OH is 1. The van der Waals surface area contributed by atoms with Crippen molar-refractivity contribution in [1.82, 2.24) is 0 Å². The zero-order valence-corrected chi connectivity index (χ0v) is 20.5. The van der Waals surface area contributed by atoms with Gasteiger partial charge in [-0.2, -0.15) is 0 Å². The Hall–Kier alpha value is -0.690. The Balaban J connectivity index is 1.67. The van der Waals surface area contributed by atoms with Crippen LogP contribution in [0.15, 0.2) is 23.8 Å². The highest BCUT2D eigenvalue weighted by Gasteiger charge is 2.46. The van der Waals surface area contributed by atoms with Crippen molar-refractivity contribution in [3.63, 3.8) is 0 Å². The number of carbonyl (C=O) groups excluding carboxylic acids is 1. The second-order valence-electron chi connectivity index (χ2n) is 9.48. The van der Waals surface area contributed by atoms with Gasteiger partial charge in [0.25, 0.3) is 0 Å². The maximum atomic E-state index is 14.4. The van der Waals surface area contributed by atoms with Gasteiger partial charge in [0.15, 0.2) is 6.10 Å². The molecular formula is C24H30ClFO3S2. The fourth-order valence-electron chi connectivity index (χ4n) is 5.17. The summed E-state index contributed by atoms with van der Waals surface area (Å²) >= 11 is 10.1.